The summed E-state index contributed by atoms with van der Waals surface area (Å²) in [6.07, 6.45) is 4.57. The van der Waals surface area contributed by atoms with Gasteiger partial charge in [0.1, 0.15) is 0 Å². The Kier molecular flexibility index (Phi) is 7.95. The quantitative estimate of drug-likeness (QED) is 0.795. The lowest BCUT2D eigenvalue weighted by Crippen LogP contribution is -2.45. The molecule has 0 aromatic carbocycles. The molecule has 2 aliphatic rings. The van der Waals surface area contributed by atoms with Crippen LogP contribution in [0.2, 0.25) is 0 Å². The molecule has 3 heterocycles. The molecule has 26 heavy (non-hydrogen) atoms. The molecule has 0 spiro atoms. The molecule has 2 unspecified atom stereocenters. The van der Waals surface area contributed by atoms with Crippen LogP contribution in [0.3, 0.4) is 0 Å². The van der Waals surface area contributed by atoms with Crippen molar-refractivity contribution in [3.63, 3.8) is 0 Å². The van der Waals surface area contributed by atoms with E-state index in [0.717, 1.165) is 39.0 Å². The van der Waals surface area contributed by atoms with Crippen molar-refractivity contribution in [3.05, 3.63) is 21.9 Å². The van der Waals surface area contributed by atoms with E-state index >= 15 is 0 Å². The fraction of sp³-hybridized carbons (Fsp3) is 0.750. The van der Waals surface area contributed by atoms with Gasteiger partial charge in [-0.3, -0.25) is 9.69 Å². The van der Waals surface area contributed by atoms with Gasteiger partial charge in [-0.05, 0) is 62.2 Å². The first-order valence-corrected chi connectivity index (χ1v) is 10.6. The van der Waals surface area contributed by atoms with Gasteiger partial charge in [0, 0.05) is 29.4 Å². The number of hydrogen-bond acceptors (Lipinski definition) is 4. The zero-order valence-corrected chi connectivity index (χ0v) is 18.0. The molecule has 2 saturated heterocycles. The summed E-state index contributed by atoms with van der Waals surface area (Å²) in [5, 5.41) is 6.46. The maximum Gasteiger partial charge on any atom is 0.237 e. The minimum atomic E-state index is 0. The van der Waals surface area contributed by atoms with E-state index in [1.165, 1.54) is 29.1 Å². The van der Waals surface area contributed by atoms with Crippen molar-refractivity contribution in [2.24, 2.45) is 5.92 Å². The van der Waals surface area contributed by atoms with Gasteiger partial charge in [0.25, 0.3) is 0 Å². The highest BCUT2D eigenvalue weighted by molar-refractivity contribution is 7.12. The topological polar surface area (TPSA) is 44.4 Å². The molecule has 6 heteroatoms. The number of nitrogens with one attached hydrogen (secondary N) is 2. The van der Waals surface area contributed by atoms with E-state index in [0.29, 0.717) is 5.92 Å². The van der Waals surface area contributed by atoms with E-state index < -0.39 is 0 Å². The second kappa shape index (κ2) is 9.54. The molecule has 3 rings (SSSR count). The molecule has 2 N–H and O–H groups in total. The first-order chi connectivity index (χ1) is 11.9. The lowest BCUT2D eigenvalue weighted by atomic mass is 9.95. The van der Waals surface area contributed by atoms with Gasteiger partial charge in [-0.25, -0.2) is 0 Å². The minimum absolute atomic E-state index is 0. The van der Waals surface area contributed by atoms with Crippen LogP contribution < -0.4 is 10.6 Å². The second-order valence-corrected chi connectivity index (χ2v) is 9.82. The molecular weight excluding hydrogens is 366 g/mol. The van der Waals surface area contributed by atoms with Gasteiger partial charge in [-0.1, -0.05) is 20.8 Å². The molecule has 2 aliphatic heterocycles. The van der Waals surface area contributed by atoms with Crippen LogP contribution in [0.25, 0.3) is 0 Å². The van der Waals surface area contributed by atoms with Gasteiger partial charge in [-0.2, -0.15) is 0 Å². The average Bonchev–Trinajstić information content (AvgIpc) is 3.24. The Morgan fingerprint density at radius 3 is 2.77 bits per heavy atom. The maximum atomic E-state index is 12.2. The summed E-state index contributed by atoms with van der Waals surface area (Å²) in [7, 11) is 0. The molecule has 0 bridgehead atoms. The first kappa shape index (κ1) is 21.7. The largest absolute Gasteiger partial charge is 0.354 e. The number of halogens is 1. The van der Waals surface area contributed by atoms with Crippen molar-refractivity contribution in [3.8, 4) is 0 Å². The van der Waals surface area contributed by atoms with Crippen LogP contribution in [0, 0.1) is 5.92 Å². The molecular formula is C20H34ClN3OS. The van der Waals surface area contributed by atoms with E-state index in [1.807, 2.05) is 11.3 Å². The number of nitrogens with zero attached hydrogens (tertiary/aromatic N) is 1. The fourth-order valence-electron chi connectivity index (χ4n) is 3.82. The van der Waals surface area contributed by atoms with Crippen molar-refractivity contribution < 1.29 is 4.79 Å². The zero-order chi connectivity index (χ0) is 17.9. The molecule has 0 saturated carbocycles. The normalized spacial score (nSPS) is 24.3. The number of rotatable bonds is 5. The number of thiophene rings is 1. The van der Waals surface area contributed by atoms with Crippen molar-refractivity contribution in [2.45, 2.75) is 64.5 Å². The van der Waals surface area contributed by atoms with Crippen LogP contribution in [-0.4, -0.2) is 43.0 Å². The summed E-state index contributed by atoms with van der Waals surface area (Å²) in [6, 6.07) is 4.63. The van der Waals surface area contributed by atoms with Crippen molar-refractivity contribution in [1.82, 2.24) is 15.5 Å². The molecule has 2 fully saturated rings. The molecule has 0 radical (unpaired) electrons. The molecule has 4 nitrogen and oxygen atoms in total. The van der Waals surface area contributed by atoms with E-state index in [-0.39, 0.29) is 29.8 Å². The Hall–Kier alpha value is -0.620. The molecule has 1 aromatic heterocycles. The maximum absolute atomic E-state index is 12.2. The SMILES string of the molecule is CC(C)(C)c1ccc(CN2CCCC(CNC(=O)C3CCCN3)C2)s1.Cl. The van der Waals surface area contributed by atoms with Gasteiger partial charge in [-0.15, -0.1) is 23.7 Å². The zero-order valence-electron chi connectivity index (χ0n) is 16.3. The summed E-state index contributed by atoms with van der Waals surface area (Å²) in [4.78, 5) is 17.7. The first-order valence-electron chi connectivity index (χ1n) is 9.74. The van der Waals surface area contributed by atoms with Crippen LogP contribution >= 0.6 is 23.7 Å². The van der Waals surface area contributed by atoms with Gasteiger partial charge in [0.05, 0.1) is 6.04 Å². The predicted molar refractivity (Wildman–Crippen MR) is 112 cm³/mol. The third-order valence-corrected chi connectivity index (χ3v) is 6.82. The highest BCUT2D eigenvalue weighted by Crippen LogP contribution is 2.30. The van der Waals surface area contributed by atoms with Crippen molar-refractivity contribution in [2.75, 3.05) is 26.2 Å². The van der Waals surface area contributed by atoms with Crippen molar-refractivity contribution in [1.29, 1.82) is 0 Å². The highest BCUT2D eigenvalue weighted by atomic mass is 35.5. The Morgan fingerprint density at radius 1 is 1.31 bits per heavy atom. The van der Waals surface area contributed by atoms with Crippen LogP contribution in [-0.2, 0) is 16.8 Å². The average molecular weight is 400 g/mol. The van der Waals surface area contributed by atoms with Gasteiger partial charge >= 0.3 is 0 Å². The Labute approximate surface area is 168 Å². The van der Waals surface area contributed by atoms with E-state index in [9.17, 15) is 4.79 Å². The van der Waals surface area contributed by atoms with Gasteiger partial charge < -0.3 is 10.6 Å². The minimum Gasteiger partial charge on any atom is -0.354 e. The number of carbonyl (C=O) groups excluding carboxylic acids is 1. The second-order valence-electron chi connectivity index (χ2n) is 8.65. The number of hydrogen-bond donors (Lipinski definition) is 2. The summed E-state index contributed by atoms with van der Waals surface area (Å²) in [5.41, 5.74) is 0.242. The summed E-state index contributed by atoms with van der Waals surface area (Å²) >= 11 is 1.95. The smallest absolute Gasteiger partial charge is 0.237 e. The molecule has 1 amide bonds. The molecule has 2 atom stereocenters. The molecule has 148 valence electrons. The summed E-state index contributed by atoms with van der Waals surface area (Å²) < 4.78 is 0. The fourth-order valence-corrected chi connectivity index (χ4v) is 4.93. The number of carbonyl (C=O) groups is 1. The summed E-state index contributed by atoms with van der Waals surface area (Å²) in [6.45, 7) is 12.0. The third kappa shape index (κ3) is 5.95. The van der Waals surface area contributed by atoms with E-state index in [1.54, 1.807) is 0 Å². The predicted octanol–water partition coefficient (Wildman–Crippen LogP) is 3.55. The van der Waals surface area contributed by atoms with E-state index in [4.69, 9.17) is 0 Å². The molecule has 1 aromatic rings. The van der Waals surface area contributed by atoms with Crippen LogP contribution in [0.15, 0.2) is 12.1 Å². The Morgan fingerprint density at radius 2 is 2.12 bits per heavy atom. The number of piperidine rings is 1. The van der Waals surface area contributed by atoms with Gasteiger partial charge in [0.2, 0.25) is 5.91 Å². The van der Waals surface area contributed by atoms with Gasteiger partial charge in [0.15, 0.2) is 0 Å². The Balaban J connectivity index is 0.00000243. The molecule has 0 aliphatic carbocycles. The number of likely N-dealkylation sites (tertiary alicyclic amines) is 1. The lowest BCUT2D eigenvalue weighted by Gasteiger charge is -2.32. The lowest BCUT2D eigenvalue weighted by molar-refractivity contribution is -0.123. The van der Waals surface area contributed by atoms with Crippen molar-refractivity contribution >= 4 is 29.7 Å². The monoisotopic (exact) mass is 399 g/mol. The third-order valence-electron chi connectivity index (χ3n) is 5.33. The number of amides is 1. The van der Waals surface area contributed by atoms with Crippen LogP contribution in [0.4, 0.5) is 0 Å². The summed E-state index contributed by atoms with van der Waals surface area (Å²) in [5.74, 6) is 0.781. The standard InChI is InChI=1S/C20H33N3OS.ClH/c1-20(2,3)18-9-8-16(25-18)14-23-11-5-6-15(13-23)12-22-19(24)17-7-4-10-21-17;/h8-9,15,17,21H,4-7,10-14H2,1-3H3,(H,22,24);1H. The highest BCUT2D eigenvalue weighted by Gasteiger charge is 2.25. The van der Waals surface area contributed by atoms with E-state index in [2.05, 4.69) is 48.4 Å². The Bertz CT molecular complexity index is 578. The van der Waals surface area contributed by atoms with Crippen LogP contribution in [0.5, 0.6) is 0 Å². The van der Waals surface area contributed by atoms with Crippen LogP contribution in [0.1, 0.15) is 56.2 Å².